The van der Waals surface area contributed by atoms with Gasteiger partial charge in [0.25, 0.3) is 5.91 Å². The molecule has 0 bridgehead atoms. The molecule has 1 saturated heterocycles. The van der Waals surface area contributed by atoms with Crippen LogP contribution in [0, 0.1) is 0 Å². The predicted octanol–water partition coefficient (Wildman–Crippen LogP) is 2.29. The molecule has 5 nitrogen and oxygen atoms in total. The summed E-state index contributed by atoms with van der Waals surface area (Å²) in [4.78, 5) is 16.3. The molecular weight excluding hydrogens is 326 g/mol. The molecule has 0 saturated carbocycles. The Balaban J connectivity index is 1.82. The maximum absolute atomic E-state index is 11.8. The zero-order valence-electron chi connectivity index (χ0n) is 15.4. The average Bonchev–Trinajstić information content (AvgIpc) is 3.10. The molecule has 1 aliphatic rings. The molecular formula is C21H27N3O2. The number of hydrogen-bond acceptors (Lipinski definition) is 4. The van der Waals surface area contributed by atoms with Crippen LogP contribution in [0.5, 0.6) is 0 Å². The Morgan fingerprint density at radius 1 is 1.23 bits per heavy atom. The van der Waals surface area contributed by atoms with Crippen molar-refractivity contribution in [1.82, 2.24) is 10.2 Å². The largest absolute Gasteiger partial charge is 0.392 e. The number of aliphatic hydroxyl groups is 1. The molecule has 2 atom stereocenters. The summed E-state index contributed by atoms with van der Waals surface area (Å²) in [7, 11) is 3.72. The Labute approximate surface area is 155 Å². The molecule has 0 radical (unpaired) electrons. The minimum Gasteiger partial charge on any atom is -0.392 e. The van der Waals surface area contributed by atoms with Crippen LogP contribution in [0.1, 0.15) is 28.4 Å². The van der Waals surface area contributed by atoms with E-state index in [1.54, 1.807) is 7.05 Å². The number of nitrogens with zero attached hydrogens (tertiary/aromatic N) is 2. The topological polar surface area (TPSA) is 55.8 Å². The summed E-state index contributed by atoms with van der Waals surface area (Å²) in [6.45, 7) is 2.51. The molecule has 0 aromatic heterocycles. The quantitative estimate of drug-likeness (QED) is 0.837. The molecule has 2 N–H and O–H groups in total. The Hall–Kier alpha value is -2.37. The van der Waals surface area contributed by atoms with Crippen molar-refractivity contribution in [3.05, 3.63) is 65.7 Å². The Bertz CT molecular complexity index is 718. The third kappa shape index (κ3) is 4.23. The summed E-state index contributed by atoms with van der Waals surface area (Å²) in [5.74, 6) is -0.0788. The van der Waals surface area contributed by atoms with Gasteiger partial charge >= 0.3 is 0 Å². The van der Waals surface area contributed by atoms with Crippen LogP contribution < -0.4 is 10.2 Å². The second-order valence-electron chi connectivity index (χ2n) is 6.87. The minimum absolute atomic E-state index is 0.0788. The van der Waals surface area contributed by atoms with Gasteiger partial charge in [0.15, 0.2) is 0 Å². The highest BCUT2D eigenvalue weighted by molar-refractivity contribution is 5.94. The van der Waals surface area contributed by atoms with Crippen LogP contribution in [-0.4, -0.2) is 55.7 Å². The first kappa shape index (κ1) is 18.4. The molecule has 138 valence electrons. The molecule has 2 aromatic carbocycles. The lowest BCUT2D eigenvalue weighted by Gasteiger charge is -2.33. The second-order valence-corrected chi connectivity index (χ2v) is 6.87. The number of carbonyl (C=O) groups excluding carboxylic acids is 1. The molecule has 0 unspecified atom stereocenters. The van der Waals surface area contributed by atoms with Crippen molar-refractivity contribution in [3.63, 3.8) is 0 Å². The molecule has 3 rings (SSSR count). The minimum atomic E-state index is -0.219. The first-order valence-corrected chi connectivity index (χ1v) is 9.09. The molecule has 1 fully saturated rings. The maximum Gasteiger partial charge on any atom is 0.251 e. The summed E-state index contributed by atoms with van der Waals surface area (Å²) in [5, 5.41) is 12.5. The first-order valence-electron chi connectivity index (χ1n) is 9.09. The summed E-state index contributed by atoms with van der Waals surface area (Å²) in [6, 6.07) is 18.3. The van der Waals surface area contributed by atoms with Crippen LogP contribution in [0.2, 0.25) is 0 Å². The number of carbonyl (C=O) groups is 1. The SMILES string of the molecule is CNC(=O)c1ccc(N(C)[C@H](CN2CC[C@H](O)C2)c2ccccc2)cc1. The molecule has 1 amide bonds. The van der Waals surface area contributed by atoms with Gasteiger partial charge in [-0.15, -0.1) is 0 Å². The number of nitrogens with one attached hydrogen (secondary N) is 1. The Morgan fingerprint density at radius 3 is 2.50 bits per heavy atom. The highest BCUT2D eigenvalue weighted by atomic mass is 16.3. The second kappa shape index (κ2) is 8.34. The smallest absolute Gasteiger partial charge is 0.251 e. The molecule has 1 heterocycles. The highest BCUT2D eigenvalue weighted by Gasteiger charge is 2.26. The monoisotopic (exact) mass is 353 g/mol. The number of amides is 1. The van der Waals surface area contributed by atoms with Crippen molar-refractivity contribution in [2.75, 3.05) is 38.6 Å². The fraction of sp³-hybridized carbons (Fsp3) is 0.381. The van der Waals surface area contributed by atoms with Crippen LogP contribution in [0.25, 0.3) is 0 Å². The van der Waals surface area contributed by atoms with E-state index in [0.29, 0.717) is 5.56 Å². The number of likely N-dealkylation sites (tertiary alicyclic amines) is 1. The van der Waals surface area contributed by atoms with Crippen molar-refractivity contribution >= 4 is 11.6 Å². The van der Waals surface area contributed by atoms with Crippen molar-refractivity contribution in [3.8, 4) is 0 Å². The molecule has 0 aliphatic carbocycles. The summed E-state index contributed by atoms with van der Waals surface area (Å²) >= 11 is 0. The molecule has 5 heteroatoms. The van der Waals surface area contributed by atoms with Gasteiger partial charge in [-0.1, -0.05) is 30.3 Å². The molecule has 0 spiro atoms. The van der Waals surface area contributed by atoms with E-state index in [4.69, 9.17) is 0 Å². The van der Waals surface area contributed by atoms with Gasteiger partial charge in [-0.05, 0) is 36.2 Å². The first-order chi connectivity index (χ1) is 12.6. The van der Waals surface area contributed by atoms with Gasteiger partial charge in [-0.2, -0.15) is 0 Å². The number of aliphatic hydroxyl groups excluding tert-OH is 1. The van der Waals surface area contributed by atoms with Crippen LogP contribution in [0.4, 0.5) is 5.69 Å². The Kier molecular flexibility index (Phi) is 5.91. The summed E-state index contributed by atoms with van der Waals surface area (Å²) in [6.07, 6.45) is 0.620. The summed E-state index contributed by atoms with van der Waals surface area (Å²) in [5.41, 5.74) is 2.96. The number of rotatable bonds is 6. The third-order valence-corrected chi connectivity index (χ3v) is 5.09. The van der Waals surface area contributed by atoms with E-state index in [9.17, 15) is 9.90 Å². The van der Waals surface area contributed by atoms with Gasteiger partial charge in [0.1, 0.15) is 0 Å². The van der Waals surface area contributed by atoms with Gasteiger partial charge < -0.3 is 15.3 Å². The van der Waals surface area contributed by atoms with Gasteiger partial charge in [-0.3, -0.25) is 9.69 Å². The fourth-order valence-electron chi connectivity index (χ4n) is 3.52. The lowest BCUT2D eigenvalue weighted by molar-refractivity contribution is 0.0963. The number of benzene rings is 2. The van der Waals surface area contributed by atoms with E-state index < -0.39 is 0 Å². The normalized spacial score (nSPS) is 18.5. The van der Waals surface area contributed by atoms with E-state index in [0.717, 1.165) is 31.7 Å². The van der Waals surface area contributed by atoms with Crippen LogP contribution in [-0.2, 0) is 0 Å². The van der Waals surface area contributed by atoms with E-state index in [-0.39, 0.29) is 18.1 Å². The van der Waals surface area contributed by atoms with E-state index in [1.165, 1.54) is 5.56 Å². The predicted molar refractivity (Wildman–Crippen MR) is 104 cm³/mol. The van der Waals surface area contributed by atoms with Crippen LogP contribution in [0.3, 0.4) is 0 Å². The fourth-order valence-corrected chi connectivity index (χ4v) is 3.52. The van der Waals surface area contributed by atoms with Crippen molar-refractivity contribution in [2.24, 2.45) is 0 Å². The van der Waals surface area contributed by atoms with Crippen molar-refractivity contribution < 1.29 is 9.90 Å². The zero-order chi connectivity index (χ0) is 18.5. The van der Waals surface area contributed by atoms with Gasteiger partial charge in [0, 0.05) is 45.0 Å². The number of hydrogen-bond donors (Lipinski definition) is 2. The van der Waals surface area contributed by atoms with Gasteiger partial charge in [0.05, 0.1) is 12.1 Å². The maximum atomic E-state index is 11.8. The van der Waals surface area contributed by atoms with E-state index in [1.807, 2.05) is 30.3 Å². The number of likely N-dealkylation sites (N-methyl/N-ethyl adjacent to an activating group) is 1. The Morgan fingerprint density at radius 2 is 1.92 bits per heavy atom. The molecule has 26 heavy (non-hydrogen) atoms. The van der Waals surface area contributed by atoms with E-state index in [2.05, 4.69) is 46.4 Å². The standard InChI is InChI=1S/C21H27N3O2/c1-22-21(26)17-8-10-18(11-9-17)23(2)20(16-6-4-3-5-7-16)15-24-13-12-19(25)14-24/h3-11,19-20,25H,12-15H2,1-2H3,(H,22,26)/t19-,20+/m0/s1. The van der Waals surface area contributed by atoms with Crippen molar-refractivity contribution in [2.45, 2.75) is 18.6 Å². The number of anilines is 1. The van der Waals surface area contributed by atoms with E-state index >= 15 is 0 Å². The average molecular weight is 353 g/mol. The van der Waals surface area contributed by atoms with Crippen LogP contribution in [0.15, 0.2) is 54.6 Å². The lowest BCUT2D eigenvalue weighted by atomic mass is 10.0. The van der Waals surface area contributed by atoms with Gasteiger partial charge in [-0.25, -0.2) is 0 Å². The van der Waals surface area contributed by atoms with Crippen molar-refractivity contribution in [1.29, 1.82) is 0 Å². The lowest BCUT2D eigenvalue weighted by Crippen LogP contribution is -2.36. The molecule has 2 aromatic rings. The van der Waals surface area contributed by atoms with Crippen LogP contribution >= 0.6 is 0 Å². The van der Waals surface area contributed by atoms with Gasteiger partial charge in [0.2, 0.25) is 0 Å². The molecule has 1 aliphatic heterocycles. The summed E-state index contributed by atoms with van der Waals surface area (Å²) < 4.78 is 0. The third-order valence-electron chi connectivity index (χ3n) is 5.09. The zero-order valence-corrected chi connectivity index (χ0v) is 15.4. The highest BCUT2D eigenvalue weighted by Crippen LogP contribution is 2.28. The number of β-amino-alcohol motifs (C(OH)–C–C–N with tert-alkyl or cyclic N) is 1.